The van der Waals surface area contributed by atoms with Crippen molar-refractivity contribution < 1.29 is 9.47 Å². The SMILES string of the molecule is COc1ccc(C)cc1NCCCCOc1ccc(C)cc1. The number of unbranched alkanes of at least 4 members (excludes halogenated alkanes) is 1. The number of hydrogen-bond donors (Lipinski definition) is 1. The normalized spacial score (nSPS) is 10.3. The van der Waals surface area contributed by atoms with E-state index in [4.69, 9.17) is 9.47 Å². The molecule has 2 aromatic rings. The first-order chi connectivity index (χ1) is 10.7. The molecule has 0 spiro atoms. The highest BCUT2D eigenvalue weighted by molar-refractivity contribution is 5.57. The molecule has 0 atom stereocenters. The Kier molecular flexibility index (Phi) is 6.13. The smallest absolute Gasteiger partial charge is 0.141 e. The van der Waals surface area contributed by atoms with Crippen molar-refractivity contribution in [3.8, 4) is 11.5 Å². The second-order valence-electron chi connectivity index (χ2n) is 5.50. The van der Waals surface area contributed by atoms with Crippen molar-refractivity contribution in [3.05, 3.63) is 53.6 Å². The third-order valence-electron chi connectivity index (χ3n) is 3.53. The molecule has 3 nitrogen and oxygen atoms in total. The molecule has 2 aromatic carbocycles. The summed E-state index contributed by atoms with van der Waals surface area (Å²) in [5, 5.41) is 3.43. The number of benzene rings is 2. The van der Waals surface area contributed by atoms with Gasteiger partial charge in [0.05, 0.1) is 19.4 Å². The van der Waals surface area contributed by atoms with Gasteiger partial charge in [-0.3, -0.25) is 0 Å². The van der Waals surface area contributed by atoms with Gasteiger partial charge in [0, 0.05) is 6.54 Å². The Morgan fingerprint density at radius 1 is 0.909 bits per heavy atom. The maximum atomic E-state index is 5.72. The minimum Gasteiger partial charge on any atom is -0.495 e. The molecule has 0 fully saturated rings. The average Bonchev–Trinajstić information content (AvgIpc) is 2.52. The van der Waals surface area contributed by atoms with Crippen molar-refractivity contribution >= 4 is 5.69 Å². The van der Waals surface area contributed by atoms with Crippen LogP contribution in [-0.2, 0) is 0 Å². The van der Waals surface area contributed by atoms with E-state index >= 15 is 0 Å². The summed E-state index contributed by atoms with van der Waals surface area (Å²) in [7, 11) is 1.70. The van der Waals surface area contributed by atoms with Gasteiger partial charge < -0.3 is 14.8 Å². The van der Waals surface area contributed by atoms with Crippen LogP contribution < -0.4 is 14.8 Å². The van der Waals surface area contributed by atoms with Gasteiger partial charge in [-0.2, -0.15) is 0 Å². The molecule has 0 aliphatic carbocycles. The molecule has 2 rings (SSSR count). The molecule has 0 saturated carbocycles. The summed E-state index contributed by atoms with van der Waals surface area (Å²) < 4.78 is 11.1. The van der Waals surface area contributed by atoms with Gasteiger partial charge in [-0.15, -0.1) is 0 Å². The third kappa shape index (κ3) is 4.99. The maximum Gasteiger partial charge on any atom is 0.141 e. The van der Waals surface area contributed by atoms with Crippen LogP contribution in [0.5, 0.6) is 11.5 Å². The van der Waals surface area contributed by atoms with E-state index < -0.39 is 0 Å². The predicted octanol–water partition coefficient (Wildman–Crippen LogP) is 4.58. The number of rotatable bonds is 8. The van der Waals surface area contributed by atoms with E-state index in [-0.39, 0.29) is 0 Å². The van der Waals surface area contributed by atoms with Gasteiger partial charge in [0.2, 0.25) is 0 Å². The number of anilines is 1. The van der Waals surface area contributed by atoms with Crippen LogP contribution in [0.3, 0.4) is 0 Å². The molecular formula is C19H25NO2. The van der Waals surface area contributed by atoms with Gasteiger partial charge in [0.1, 0.15) is 11.5 Å². The van der Waals surface area contributed by atoms with E-state index in [2.05, 4.69) is 43.4 Å². The summed E-state index contributed by atoms with van der Waals surface area (Å²) in [4.78, 5) is 0. The van der Waals surface area contributed by atoms with Gasteiger partial charge >= 0.3 is 0 Å². The van der Waals surface area contributed by atoms with Crippen molar-refractivity contribution in [1.82, 2.24) is 0 Å². The van der Waals surface area contributed by atoms with Crippen LogP contribution in [0.1, 0.15) is 24.0 Å². The highest BCUT2D eigenvalue weighted by atomic mass is 16.5. The first kappa shape index (κ1) is 16.2. The topological polar surface area (TPSA) is 30.5 Å². The quantitative estimate of drug-likeness (QED) is 0.724. The van der Waals surface area contributed by atoms with Gasteiger partial charge in [0.25, 0.3) is 0 Å². The monoisotopic (exact) mass is 299 g/mol. The summed E-state index contributed by atoms with van der Waals surface area (Å²) in [6.07, 6.45) is 2.08. The molecule has 0 saturated heterocycles. The molecule has 22 heavy (non-hydrogen) atoms. The molecule has 1 N–H and O–H groups in total. The summed E-state index contributed by atoms with van der Waals surface area (Å²) >= 11 is 0. The van der Waals surface area contributed by atoms with Crippen molar-refractivity contribution in [3.63, 3.8) is 0 Å². The Balaban J connectivity index is 1.67. The molecule has 0 heterocycles. The maximum absolute atomic E-state index is 5.72. The van der Waals surface area contributed by atoms with Crippen LogP contribution in [0.4, 0.5) is 5.69 Å². The zero-order valence-corrected chi connectivity index (χ0v) is 13.7. The van der Waals surface area contributed by atoms with E-state index in [1.54, 1.807) is 7.11 Å². The van der Waals surface area contributed by atoms with Crippen LogP contribution in [0.25, 0.3) is 0 Å². The fourth-order valence-electron chi connectivity index (χ4n) is 2.23. The lowest BCUT2D eigenvalue weighted by molar-refractivity contribution is 0.308. The lowest BCUT2D eigenvalue weighted by Crippen LogP contribution is -2.06. The molecule has 0 aliphatic rings. The lowest BCUT2D eigenvalue weighted by atomic mass is 10.2. The zero-order valence-electron chi connectivity index (χ0n) is 13.7. The minimum atomic E-state index is 0.746. The number of aryl methyl sites for hydroxylation is 2. The number of hydrogen-bond acceptors (Lipinski definition) is 3. The molecule has 0 aromatic heterocycles. The van der Waals surface area contributed by atoms with Crippen molar-refractivity contribution in [2.75, 3.05) is 25.6 Å². The predicted molar refractivity (Wildman–Crippen MR) is 92.1 cm³/mol. The summed E-state index contributed by atoms with van der Waals surface area (Å²) in [5.41, 5.74) is 3.54. The Morgan fingerprint density at radius 3 is 2.36 bits per heavy atom. The fourth-order valence-corrected chi connectivity index (χ4v) is 2.23. The highest BCUT2D eigenvalue weighted by Gasteiger charge is 2.02. The molecular weight excluding hydrogens is 274 g/mol. The molecule has 0 radical (unpaired) electrons. The Labute approximate surface area is 133 Å². The van der Waals surface area contributed by atoms with Gasteiger partial charge in [-0.05, 0) is 56.5 Å². The minimum absolute atomic E-state index is 0.746. The largest absolute Gasteiger partial charge is 0.495 e. The molecule has 0 amide bonds. The first-order valence-electron chi connectivity index (χ1n) is 7.77. The number of ether oxygens (including phenoxy) is 2. The molecule has 3 heteroatoms. The van der Waals surface area contributed by atoms with Crippen LogP contribution in [0, 0.1) is 13.8 Å². The van der Waals surface area contributed by atoms with Crippen LogP contribution in [-0.4, -0.2) is 20.3 Å². The van der Waals surface area contributed by atoms with Crippen LogP contribution >= 0.6 is 0 Å². The van der Waals surface area contributed by atoms with Gasteiger partial charge in [-0.25, -0.2) is 0 Å². The first-order valence-corrected chi connectivity index (χ1v) is 7.77. The molecule has 0 unspecified atom stereocenters. The molecule has 0 bridgehead atoms. The van der Waals surface area contributed by atoms with E-state index in [0.717, 1.165) is 43.2 Å². The summed E-state index contributed by atoms with van der Waals surface area (Å²) in [6, 6.07) is 14.3. The number of nitrogens with one attached hydrogen (secondary N) is 1. The Morgan fingerprint density at radius 2 is 1.64 bits per heavy atom. The van der Waals surface area contributed by atoms with Gasteiger partial charge in [0.15, 0.2) is 0 Å². The van der Waals surface area contributed by atoms with Crippen LogP contribution in [0.2, 0.25) is 0 Å². The average molecular weight is 299 g/mol. The van der Waals surface area contributed by atoms with E-state index in [0.29, 0.717) is 0 Å². The van der Waals surface area contributed by atoms with Crippen molar-refractivity contribution in [1.29, 1.82) is 0 Å². The lowest BCUT2D eigenvalue weighted by Gasteiger charge is -2.12. The van der Waals surface area contributed by atoms with Crippen molar-refractivity contribution in [2.24, 2.45) is 0 Å². The van der Waals surface area contributed by atoms with Crippen molar-refractivity contribution in [2.45, 2.75) is 26.7 Å². The second kappa shape index (κ2) is 8.32. The highest BCUT2D eigenvalue weighted by Crippen LogP contribution is 2.25. The van der Waals surface area contributed by atoms with Gasteiger partial charge in [-0.1, -0.05) is 23.8 Å². The summed E-state index contributed by atoms with van der Waals surface area (Å²) in [6.45, 7) is 5.82. The molecule has 0 aliphatic heterocycles. The van der Waals surface area contributed by atoms with E-state index in [1.165, 1.54) is 11.1 Å². The van der Waals surface area contributed by atoms with E-state index in [1.807, 2.05) is 18.2 Å². The molecule has 118 valence electrons. The Hall–Kier alpha value is -2.16. The van der Waals surface area contributed by atoms with Crippen LogP contribution in [0.15, 0.2) is 42.5 Å². The Bertz CT molecular complexity index is 578. The standard InChI is InChI=1S/C19H25NO2/c1-15-6-9-17(10-7-15)22-13-5-4-12-20-18-14-16(2)8-11-19(18)21-3/h6-11,14,20H,4-5,12-13H2,1-3H3. The second-order valence-corrected chi connectivity index (χ2v) is 5.50. The third-order valence-corrected chi connectivity index (χ3v) is 3.53. The number of methoxy groups -OCH3 is 1. The zero-order chi connectivity index (χ0) is 15.8. The fraction of sp³-hybridized carbons (Fsp3) is 0.368. The van der Waals surface area contributed by atoms with E-state index in [9.17, 15) is 0 Å². The summed E-state index contributed by atoms with van der Waals surface area (Å²) in [5.74, 6) is 1.83.